The van der Waals surface area contributed by atoms with E-state index >= 15 is 0 Å². The Morgan fingerprint density at radius 3 is 2.77 bits per heavy atom. The zero-order valence-electron chi connectivity index (χ0n) is 13.1. The van der Waals surface area contributed by atoms with Crippen molar-refractivity contribution in [2.24, 2.45) is 0 Å². The smallest absolute Gasteiger partial charge is 0.222 e. The van der Waals surface area contributed by atoms with Crippen LogP contribution >= 0.6 is 12.4 Å². The summed E-state index contributed by atoms with van der Waals surface area (Å²) >= 11 is 0. The number of nitrogen functional groups attached to an aromatic ring is 1. The number of benzene rings is 1. The number of nitrogens with zero attached hydrogens (tertiary/aromatic N) is 1. The van der Waals surface area contributed by atoms with Crippen LogP contribution in [-0.2, 0) is 16.1 Å². The Bertz CT molecular complexity index is 462. The molecule has 6 heteroatoms. The Kier molecular flexibility index (Phi) is 8.24. The molecule has 1 aliphatic heterocycles. The molecule has 0 saturated carbocycles. The van der Waals surface area contributed by atoms with Crippen molar-refractivity contribution in [3.63, 3.8) is 0 Å². The maximum absolute atomic E-state index is 11.1. The number of hydrogen-bond acceptors (Lipinski definition) is 4. The van der Waals surface area contributed by atoms with E-state index in [0.29, 0.717) is 13.0 Å². The molecule has 5 nitrogen and oxygen atoms in total. The number of nitrogens with two attached hydrogens (primary N) is 1. The predicted molar refractivity (Wildman–Crippen MR) is 91.0 cm³/mol. The maximum atomic E-state index is 11.1. The van der Waals surface area contributed by atoms with Crippen LogP contribution in [0.5, 0.6) is 0 Å². The number of halogens is 1. The van der Waals surface area contributed by atoms with Crippen molar-refractivity contribution in [1.82, 2.24) is 10.2 Å². The topological polar surface area (TPSA) is 67.6 Å². The number of hydrogen-bond donors (Lipinski definition) is 2. The van der Waals surface area contributed by atoms with Gasteiger partial charge >= 0.3 is 0 Å². The summed E-state index contributed by atoms with van der Waals surface area (Å²) in [7, 11) is 1.65. The third-order valence-electron chi connectivity index (χ3n) is 3.85. The lowest BCUT2D eigenvalue weighted by atomic mass is 10.1. The second kappa shape index (κ2) is 9.66. The molecule has 0 bridgehead atoms. The summed E-state index contributed by atoms with van der Waals surface area (Å²) in [6.45, 7) is 3.51. The van der Waals surface area contributed by atoms with Crippen LogP contribution in [0.25, 0.3) is 0 Å². The van der Waals surface area contributed by atoms with Crippen molar-refractivity contribution in [1.29, 1.82) is 0 Å². The zero-order valence-corrected chi connectivity index (χ0v) is 13.9. The van der Waals surface area contributed by atoms with Crippen molar-refractivity contribution in [3.05, 3.63) is 29.8 Å². The van der Waals surface area contributed by atoms with E-state index in [2.05, 4.69) is 16.3 Å². The van der Waals surface area contributed by atoms with Gasteiger partial charge in [-0.25, -0.2) is 0 Å². The SMILES string of the molecule is CNC(=O)CCOC1CCN(Cc2cccc(N)c2)CC1.Cl. The normalized spacial score (nSPS) is 16.0. The molecule has 0 unspecified atom stereocenters. The van der Waals surface area contributed by atoms with Gasteiger partial charge in [0.1, 0.15) is 0 Å². The monoisotopic (exact) mass is 327 g/mol. The second-order valence-electron chi connectivity index (χ2n) is 5.51. The Morgan fingerprint density at radius 1 is 1.41 bits per heavy atom. The molecule has 0 spiro atoms. The molecule has 1 aromatic rings. The fourth-order valence-corrected chi connectivity index (χ4v) is 2.63. The van der Waals surface area contributed by atoms with Crippen LogP contribution in [0.1, 0.15) is 24.8 Å². The molecule has 2 rings (SSSR count). The van der Waals surface area contributed by atoms with E-state index in [1.165, 1.54) is 5.56 Å². The van der Waals surface area contributed by atoms with E-state index in [9.17, 15) is 4.79 Å². The van der Waals surface area contributed by atoms with E-state index in [-0.39, 0.29) is 24.4 Å². The molecule has 0 radical (unpaired) electrons. The van der Waals surface area contributed by atoms with Gasteiger partial charge in [-0.15, -0.1) is 12.4 Å². The molecule has 3 N–H and O–H groups in total. The Labute approximate surface area is 138 Å². The Balaban J connectivity index is 0.00000242. The molecule has 22 heavy (non-hydrogen) atoms. The average Bonchev–Trinajstić information content (AvgIpc) is 2.49. The fraction of sp³-hybridized carbons (Fsp3) is 0.562. The van der Waals surface area contributed by atoms with Crippen molar-refractivity contribution >= 4 is 24.0 Å². The minimum atomic E-state index is 0. The minimum Gasteiger partial charge on any atom is -0.399 e. The molecule has 0 aromatic heterocycles. The first-order valence-electron chi connectivity index (χ1n) is 7.56. The summed E-state index contributed by atoms with van der Waals surface area (Å²) in [6.07, 6.45) is 2.78. The number of anilines is 1. The van der Waals surface area contributed by atoms with Gasteiger partial charge in [0.15, 0.2) is 0 Å². The van der Waals surface area contributed by atoms with Gasteiger partial charge in [-0.1, -0.05) is 12.1 Å². The number of carbonyl (C=O) groups excluding carboxylic acids is 1. The highest BCUT2D eigenvalue weighted by molar-refractivity contribution is 5.85. The Morgan fingerprint density at radius 2 is 2.14 bits per heavy atom. The molecule has 0 aliphatic carbocycles. The lowest BCUT2D eigenvalue weighted by Crippen LogP contribution is -2.37. The van der Waals surface area contributed by atoms with Crippen LogP contribution in [0.2, 0.25) is 0 Å². The van der Waals surface area contributed by atoms with Gasteiger partial charge in [0.05, 0.1) is 12.7 Å². The molecule has 1 aliphatic rings. The first-order valence-corrected chi connectivity index (χ1v) is 7.56. The number of amides is 1. The predicted octanol–water partition coefficient (Wildman–Crippen LogP) is 1.81. The van der Waals surface area contributed by atoms with E-state index in [4.69, 9.17) is 10.5 Å². The minimum absolute atomic E-state index is 0. The van der Waals surface area contributed by atoms with Crippen molar-refractivity contribution in [3.8, 4) is 0 Å². The van der Waals surface area contributed by atoms with Gasteiger partial charge in [0.25, 0.3) is 0 Å². The van der Waals surface area contributed by atoms with Crippen LogP contribution in [0.4, 0.5) is 5.69 Å². The molecule has 1 heterocycles. The van der Waals surface area contributed by atoms with Crippen molar-refractivity contribution in [2.75, 3.05) is 32.5 Å². The molecular weight excluding hydrogens is 302 g/mol. The molecule has 1 amide bonds. The van der Waals surface area contributed by atoms with Gasteiger partial charge in [-0.2, -0.15) is 0 Å². The van der Waals surface area contributed by atoms with E-state index < -0.39 is 0 Å². The van der Waals surface area contributed by atoms with Crippen molar-refractivity contribution < 1.29 is 9.53 Å². The van der Waals surface area contributed by atoms with Crippen LogP contribution in [0.3, 0.4) is 0 Å². The van der Waals surface area contributed by atoms with Crippen molar-refractivity contribution in [2.45, 2.75) is 31.9 Å². The first kappa shape index (κ1) is 18.7. The number of rotatable bonds is 6. The lowest BCUT2D eigenvalue weighted by Gasteiger charge is -2.31. The number of likely N-dealkylation sites (tertiary alicyclic amines) is 1. The summed E-state index contributed by atoms with van der Waals surface area (Å²) in [5.41, 5.74) is 7.88. The maximum Gasteiger partial charge on any atom is 0.222 e. The van der Waals surface area contributed by atoms with E-state index in [0.717, 1.165) is 38.2 Å². The lowest BCUT2D eigenvalue weighted by molar-refractivity contribution is -0.122. The highest BCUT2D eigenvalue weighted by Gasteiger charge is 2.19. The second-order valence-corrected chi connectivity index (χ2v) is 5.51. The van der Waals surface area contributed by atoms with Crippen LogP contribution in [-0.4, -0.2) is 43.7 Å². The molecule has 124 valence electrons. The average molecular weight is 328 g/mol. The highest BCUT2D eigenvalue weighted by atomic mass is 35.5. The highest BCUT2D eigenvalue weighted by Crippen LogP contribution is 2.17. The Hall–Kier alpha value is -1.30. The number of piperidine rings is 1. The number of ether oxygens (including phenoxy) is 1. The largest absolute Gasteiger partial charge is 0.399 e. The first-order chi connectivity index (χ1) is 10.2. The van der Waals surface area contributed by atoms with E-state index in [1.807, 2.05) is 18.2 Å². The summed E-state index contributed by atoms with van der Waals surface area (Å²) in [6, 6.07) is 8.06. The molecule has 0 atom stereocenters. The van der Waals surface area contributed by atoms with E-state index in [1.54, 1.807) is 7.05 Å². The molecule has 1 aromatic carbocycles. The molecule has 1 fully saturated rings. The number of carbonyl (C=O) groups is 1. The van der Waals surface area contributed by atoms with Gasteiger partial charge in [0, 0.05) is 38.8 Å². The van der Waals surface area contributed by atoms with Gasteiger partial charge in [-0.3, -0.25) is 9.69 Å². The quantitative estimate of drug-likeness (QED) is 0.782. The summed E-state index contributed by atoms with van der Waals surface area (Å²) in [5, 5.41) is 2.60. The zero-order chi connectivity index (χ0) is 15.1. The molecular formula is C16H26ClN3O2. The van der Waals surface area contributed by atoms with Crippen LogP contribution in [0, 0.1) is 0 Å². The summed E-state index contributed by atoms with van der Waals surface area (Å²) < 4.78 is 5.77. The van der Waals surface area contributed by atoms with Gasteiger partial charge < -0.3 is 15.8 Å². The van der Waals surface area contributed by atoms with Crippen LogP contribution < -0.4 is 11.1 Å². The number of nitrogens with one attached hydrogen (secondary N) is 1. The van der Waals surface area contributed by atoms with Gasteiger partial charge in [0.2, 0.25) is 5.91 Å². The van der Waals surface area contributed by atoms with Gasteiger partial charge in [-0.05, 0) is 30.5 Å². The third kappa shape index (κ3) is 6.22. The summed E-state index contributed by atoms with van der Waals surface area (Å²) in [4.78, 5) is 13.6. The fourth-order valence-electron chi connectivity index (χ4n) is 2.63. The standard InChI is InChI=1S/C16H25N3O2.ClH/c1-18-16(20)7-10-21-15-5-8-19(9-6-15)12-13-3-2-4-14(17)11-13;/h2-4,11,15H,5-10,12,17H2,1H3,(H,18,20);1H. The van der Waals surface area contributed by atoms with Crippen LogP contribution in [0.15, 0.2) is 24.3 Å². The summed E-state index contributed by atoms with van der Waals surface area (Å²) in [5.74, 6) is 0.0362. The third-order valence-corrected chi connectivity index (χ3v) is 3.85. The molecule has 1 saturated heterocycles.